The van der Waals surface area contributed by atoms with Gasteiger partial charge in [0.2, 0.25) is 0 Å². The second-order valence-electron chi connectivity index (χ2n) is 28.4. The predicted molar refractivity (Wildman–Crippen MR) is 446 cm³/mol. The molecule has 0 amide bonds. The van der Waals surface area contributed by atoms with Gasteiger partial charge in [0.1, 0.15) is 0 Å². The average Bonchev–Trinajstić information content (AvgIpc) is 0.697. The molecular weight excluding hydrogens is 1260 g/mol. The van der Waals surface area contributed by atoms with Gasteiger partial charge in [-0.25, -0.2) is 0 Å². The summed E-state index contributed by atoms with van der Waals surface area (Å²) in [6.45, 7) is 17.2. The molecule has 0 radical (unpaired) electrons. The molecule has 0 aliphatic rings. The van der Waals surface area contributed by atoms with Gasteiger partial charge in [0.05, 0.1) is 0 Å². The summed E-state index contributed by atoms with van der Waals surface area (Å²) in [6.07, 6.45) is 0. The maximum absolute atomic E-state index is 2.41. The monoisotopic (exact) mass is 1340 g/mol. The topological polar surface area (TPSA) is 13.0 Å². The summed E-state index contributed by atoms with van der Waals surface area (Å²) in [5.74, 6) is 0. The SMILES string of the molecule is Cc1ccc(N(c2ccc(C)cc2)c2ccc(-c3ccc4c5ccc(-c6ccc(N(c7ccc(C)cc7)c7ccc(C)cc7)cc6)c6c(-c7ccc(N(c8ccc(C)cc8)c8ccc(C)cc8)cc7)ccc(c7ccc(-c8ccc(N(c9ccc(C)cc9)c9ccc(C)cc9)cc8)c3c47)c65)cc2)cc1. The van der Waals surface area contributed by atoms with Gasteiger partial charge in [-0.1, -0.05) is 239 Å². The van der Waals surface area contributed by atoms with E-state index in [1.807, 2.05) is 0 Å². The number of aryl methyl sites for hydroxylation is 8. The molecule has 0 saturated heterocycles. The first-order chi connectivity index (χ1) is 50.8. The van der Waals surface area contributed by atoms with E-state index in [1.54, 1.807) is 0 Å². The minimum atomic E-state index is 1.09. The summed E-state index contributed by atoms with van der Waals surface area (Å²) in [4.78, 5) is 9.46. The lowest BCUT2D eigenvalue weighted by atomic mass is 9.81. The third kappa shape index (κ3) is 12.1. The van der Waals surface area contributed by atoms with Crippen molar-refractivity contribution in [1.29, 1.82) is 0 Å². The Kier molecular flexibility index (Phi) is 16.8. The zero-order chi connectivity index (χ0) is 70.7. The summed E-state index contributed by atoms with van der Waals surface area (Å²) in [5, 5.41) is 9.81. The van der Waals surface area contributed by atoms with Crippen LogP contribution in [-0.4, -0.2) is 0 Å². The van der Waals surface area contributed by atoms with Crippen LogP contribution >= 0.6 is 0 Å². The minimum absolute atomic E-state index is 1.09. The fourth-order valence-corrected chi connectivity index (χ4v) is 15.4. The van der Waals surface area contributed by atoms with E-state index in [1.165, 1.54) is 110 Å². The van der Waals surface area contributed by atoms with Crippen molar-refractivity contribution in [3.05, 3.63) is 384 Å². The molecule has 0 heterocycles. The molecule has 0 atom stereocenters. The van der Waals surface area contributed by atoms with Gasteiger partial charge in [-0.15, -0.1) is 0 Å². The lowest BCUT2D eigenvalue weighted by molar-refractivity contribution is 1.27. The first-order valence-corrected chi connectivity index (χ1v) is 36.2. The summed E-state index contributed by atoms with van der Waals surface area (Å²) in [6, 6.07) is 127. The van der Waals surface area contributed by atoms with Crippen molar-refractivity contribution in [3.63, 3.8) is 0 Å². The predicted octanol–water partition coefficient (Wildman–Crippen LogP) is 28.8. The molecule has 0 fully saturated rings. The normalized spacial score (nSPS) is 11.5. The quantitative estimate of drug-likeness (QED) is 0.0706. The molecule has 0 aromatic heterocycles. The zero-order valence-corrected chi connectivity index (χ0v) is 60.1. The summed E-state index contributed by atoms with van der Waals surface area (Å²) < 4.78 is 0. The van der Waals surface area contributed by atoms with Crippen LogP contribution in [0.1, 0.15) is 44.5 Å². The Hall–Kier alpha value is -12.8. The van der Waals surface area contributed by atoms with Crippen LogP contribution in [0.3, 0.4) is 0 Å². The van der Waals surface area contributed by atoms with Crippen molar-refractivity contribution in [2.45, 2.75) is 55.4 Å². The number of nitrogens with zero attached hydrogens (tertiary/aromatic N) is 4. The van der Waals surface area contributed by atoms with E-state index in [9.17, 15) is 0 Å². The highest BCUT2D eigenvalue weighted by molar-refractivity contribution is 6.38. The second-order valence-corrected chi connectivity index (χ2v) is 28.4. The Labute approximate surface area is 611 Å². The van der Waals surface area contributed by atoms with Crippen LogP contribution in [0, 0.1) is 55.4 Å². The van der Waals surface area contributed by atoms with E-state index in [0.29, 0.717) is 0 Å². The van der Waals surface area contributed by atoms with Crippen molar-refractivity contribution < 1.29 is 0 Å². The molecule has 0 bridgehead atoms. The van der Waals surface area contributed by atoms with Gasteiger partial charge in [0, 0.05) is 68.2 Å². The molecule has 4 heteroatoms. The molecule has 17 rings (SSSR count). The molecular formula is C100H80N4. The third-order valence-electron chi connectivity index (χ3n) is 21.0. The minimum Gasteiger partial charge on any atom is -0.311 e. The smallest absolute Gasteiger partial charge is 0.0462 e. The summed E-state index contributed by atoms with van der Waals surface area (Å²) in [7, 11) is 0. The molecule has 0 saturated carbocycles. The zero-order valence-electron chi connectivity index (χ0n) is 60.1. The summed E-state index contributed by atoms with van der Waals surface area (Å²) in [5.41, 5.74) is 32.4. The van der Waals surface area contributed by atoms with Crippen LogP contribution in [0.25, 0.3) is 87.6 Å². The van der Waals surface area contributed by atoms with Crippen molar-refractivity contribution >= 4 is 111 Å². The third-order valence-corrected chi connectivity index (χ3v) is 21.0. The maximum Gasteiger partial charge on any atom is 0.0462 e. The lowest BCUT2D eigenvalue weighted by Crippen LogP contribution is -2.10. The van der Waals surface area contributed by atoms with Crippen molar-refractivity contribution in [2.24, 2.45) is 0 Å². The molecule has 104 heavy (non-hydrogen) atoms. The van der Waals surface area contributed by atoms with Gasteiger partial charge in [0.15, 0.2) is 0 Å². The van der Waals surface area contributed by atoms with Gasteiger partial charge < -0.3 is 19.6 Å². The van der Waals surface area contributed by atoms with E-state index < -0.39 is 0 Å². The van der Waals surface area contributed by atoms with Crippen LogP contribution in [-0.2, 0) is 0 Å². The van der Waals surface area contributed by atoms with Crippen LogP contribution < -0.4 is 19.6 Å². The molecule has 0 unspecified atom stereocenters. The number of fused-ring (bicyclic) bond motifs is 2. The Morgan fingerprint density at radius 3 is 0.385 bits per heavy atom. The standard InChI is InChI=1S/C100H80N4/c1-65-9-33-77(34-10-65)101(78-35-11-66(2)12-36-78)85-49-25-73(26-50-85)89-57-61-93-95-63-59-91(75-29-53-87(54-30-75)103(81-41-17-69(5)18-42-81)82-43-19-70(6)20-44-82)98-92(76-31-55-88(56-32-76)104(83-45-21-71(7)22-46-83)84-47-23-72(8)24-48-84)60-64-96(100(95)98)94-62-58-90(97(89)99(93)94)74-27-51-86(52-28-74)102(79-37-13-67(3)14-38-79)80-39-15-68(4)16-40-80/h9-64H,1-8H3. The second kappa shape index (κ2) is 27.0. The molecule has 0 aliphatic heterocycles. The molecule has 500 valence electrons. The van der Waals surface area contributed by atoms with E-state index in [0.717, 1.165) is 90.5 Å². The van der Waals surface area contributed by atoms with Gasteiger partial charge >= 0.3 is 0 Å². The Morgan fingerprint density at radius 1 is 0.125 bits per heavy atom. The van der Waals surface area contributed by atoms with Gasteiger partial charge in [0.25, 0.3) is 0 Å². The lowest BCUT2D eigenvalue weighted by Gasteiger charge is -2.27. The molecule has 4 nitrogen and oxygen atoms in total. The van der Waals surface area contributed by atoms with Crippen LogP contribution in [0.4, 0.5) is 68.2 Å². The van der Waals surface area contributed by atoms with E-state index in [-0.39, 0.29) is 0 Å². The van der Waals surface area contributed by atoms with Crippen LogP contribution in [0.15, 0.2) is 340 Å². The average molecular weight is 1340 g/mol. The first-order valence-electron chi connectivity index (χ1n) is 36.2. The highest BCUT2D eigenvalue weighted by atomic mass is 15.2. The van der Waals surface area contributed by atoms with Crippen LogP contribution in [0.2, 0.25) is 0 Å². The highest BCUT2D eigenvalue weighted by Gasteiger charge is 2.25. The van der Waals surface area contributed by atoms with E-state index in [2.05, 4.69) is 415 Å². The molecule has 17 aromatic rings. The van der Waals surface area contributed by atoms with Gasteiger partial charge in [-0.05, 0) is 289 Å². The van der Waals surface area contributed by atoms with E-state index >= 15 is 0 Å². The van der Waals surface area contributed by atoms with E-state index in [4.69, 9.17) is 0 Å². The molecule has 0 N–H and O–H groups in total. The number of rotatable bonds is 16. The summed E-state index contributed by atoms with van der Waals surface area (Å²) >= 11 is 0. The number of hydrogen-bond donors (Lipinski definition) is 0. The Morgan fingerprint density at radius 2 is 0.250 bits per heavy atom. The van der Waals surface area contributed by atoms with Crippen molar-refractivity contribution in [3.8, 4) is 44.5 Å². The van der Waals surface area contributed by atoms with Gasteiger partial charge in [-0.2, -0.15) is 0 Å². The maximum atomic E-state index is 2.41. The largest absolute Gasteiger partial charge is 0.311 e. The Balaban J connectivity index is 0.874. The first kappa shape index (κ1) is 64.6. The molecule has 0 aliphatic carbocycles. The molecule has 0 spiro atoms. The van der Waals surface area contributed by atoms with Crippen LogP contribution in [0.5, 0.6) is 0 Å². The number of anilines is 12. The number of hydrogen-bond acceptors (Lipinski definition) is 4. The van der Waals surface area contributed by atoms with Crippen molar-refractivity contribution in [2.75, 3.05) is 19.6 Å². The Bertz CT molecular complexity index is 5030. The highest BCUT2D eigenvalue weighted by Crippen LogP contribution is 2.52. The van der Waals surface area contributed by atoms with Crippen molar-refractivity contribution in [1.82, 2.24) is 0 Å². The van der Waals surface area contributed by atoms with Gasteiger partial charge in [-0.3, -0.25) is 0 Å². The fourth-order valence-electron chi connectivity index (χ4n) is 15.4. The fraction of sp³-hybridized carbons (Fsp3) is 0.0800. The molecule has 17 aromatic carbocycles. The number of benzene rings is 17.